The molecule has 3 aromatic rings. The Morgan fingerprint density at radius 3 is 2.70 bits per heavy atom. The lowest BCUT2D eigenvalue weighted by Crippen LogP contribution is -2.21. The number of nitro benzene ring substituents is 1. The van der Waals surface area contributed by atoms with E-state index < -0.39 is 34.9 Å². The summed E-state index contributed by atoms with van der Waals surface area (Å²) in [6, 6.07) is 9.83. The summed E-state index contributed by atoms with van der Waals surface area (Å²) in [6.07, 6.45) is 0. The number of nitro groups is 1. The predicted octanol–water partition coefficient (Wildman–Crippen LogP) is 3.66. The third kappa shape index (κ3) is 3.87. The summed E-state index contributed by atoms with van der Waals surface area (Å²) in [5, 5.41) is 13.8. The number of nitrogens with one attached hydrogen (secondary N) is 2. The molecule has 8 nitrogen and oxygen atoms in total. The van der Waals surface area contributed by atoms with Crippen molar-refractivity contribution in [3.05, 3.63) is 69.1 Å². The first kappa shape index (κ1) is 18.3. The van der Waals surface area contributed by atoms with E-state index in [-0.39, 0.29) is 16.4 Å². The molecule has 10 heteroatoms. The van der Waals surface area contributed by atoms with E-state index in [1.54, 1.807) is 24.3 Å². The lowest BCUT2D eigenvalue weighted by molar-refractivity contribution is -0.387. The summed E-state index contributed by atoms with van der Waals surface area (Å²) < 4.78 is 18.2. The summed E-state index contributed by atoms with van der Waals surface area (Å²) in [5.41, 5.74) is -0.150. The van der Waals surface area contributed by atoms with E-state index >= 15 is 0 Å². The maximum absolute atomic E-state index is 13.3. The highest BCUT2D eigenvalue weighted by molar-refractivity contribution is 6.38. The van der Waals surface area contributed by atoms with Crippen molar-refractivity contribution in [2.45, 2.75) is 0 Å². The van der Waals surface area contributed by atoms with Crippen molar-refractivity contribution in [2.24, 2.45) is 0 Å². The lowest BCUT2D eigenvalue weighted by atomic mass is 10.2. The maximum Gasteiger partial charge on any atom is 0.356 e. The van der Waals surface area contributed by atoms with Crippen LogP contribution in [0.15, 0.2) is 42.5 Å². The first-order valence-electron chi connectivity index (χ1n) is 7.54. The van der Waals surface area contributed by atoms with E-state index in [2.05, 4.69) is 10.3 Å². The Kier molecular flexibility index (Phi) is 5.04. The lowest BCUT2D eigenvalue weighted by Gasteiger charge is -2.06. The first-order valence-corrected chi connectivity index (χ1v) is 7.91. The predicted molar refractivity (Wildman–Crippen MR) is 95.3 cm³/mol. The number of carbonyl (C=O) groups excluding carboxylic acids is 2. The molecule has 0 aliphatic heterocycles. The molecule has 1 aromatic heterocycles. The largest absolute Gasteiger partial charge is 0.451 e. The molecule has 0 fully saturated rings. The standard InChI is InChI=1S/C17H11ClFN3O5/c18-15-10-3-1-2-4-12(10)21-16(15)17(24)27-8-14(23)20-9-5-6-11(19)13(7-9)22(25)26/h1-7,21H,8H2,(H,20,23). The fraction of sp³-hybridized carbons (Fsp3) is 0.0588. The number of H-pyrrole nitrogens is 1. The average Bonchev–Trinajstić information content (AvgIpc) is 2.98. The molecule has 0 bridgehead atoms. The topological polar surface area (TPSA) is 114 Å². The van der Waals surface area contributed by atoms with Crippen molar-refractivity contribution in [1.29, 1.82) is 0 Å². The van der Waals surface area contributed by atoms with Gasteiger partial charge in [-0.2, -0.15) is 4.39 Å². The normalized spacial score (nSPS) is 10.6. The molecule has 0 atom stereocenters. The Balaban J connectivity index is 1.65. The number of benzene rings is 2. The Hall–Kier alpha value is -3.46. The van der Waals surface area contributed by atoms with E-state index in [0.29, 0.717) is 10.9 Å². The van der Waals surface area contributed by atoms with Crippen LogP contribution in [0.5, 0.6) is 0 Å². The molecule has 0 aliphatic carbocycles. The van der Waals surface area contributed by atoms with Crippen LogP contribution in [0.1, 0.15) is 10.5 Å². The van der Waals surface area contributed by atoms with Gasteiger partial charge in [0.1, 0.15) is 5.69 Å². The molecular weight excluding hydrogens is 381 g/mol. The molecule has 2 aromatic carbocycles. The van der Waals surface area contributed by atoms with Crippen molar-refractivity contribution >= 4 is 45.8 Å². The number of anilines is 1. The number of aromatic amines is 1. The second-order valence-corrected chi connectivity index (χ2v) is 5.79. The zero-order chi connectivity index (χ0) is 19.6. The van der Waals surface area contributed by atoms with Crippen LogP contribution in [-0.2, 0) is 9.53 Å². The number of rotatable bonds is 5. The van der Waals surface area contributed by atoms with Crippen LogP contribution in [0, 0.1) is 15.9 Å². The number of fused-ring (bicyclic) bond motifs is 1. The number of aromatic nitrogens is 1. The molecule has 3 rings (SSSR count). The molecule has 0 saturated heterocycles. The monoisotopic (exact) mass is 391 g/mol. The van der Waals surface area contributed by atoms with Gasteiger partial charge < -0.3 is 15.0 Å². The number of carbonyl (C=O) groups is 2. The number of nitrogens with zero attached hydrogens (tertiary/aromatic N) is 1. The zero-order valence-electron chi connectivity index (χ0n) is 13.5. The van der Waals surface area contributed by atoms with Gasteiger partial charge in [0, 0.05) is 22.7 Å². The van der Waals surface area contributed by atoms with Gasteiger partial charge in [-0.15, -0.1) is 0 Å². The number of halogens is 2. The molecule has 0 unspecified atom stereocenters. The number of para-hydroxylation sites is 1. The molecule has 27 heavy (non-hydrogen) atoms. The quantitative estimate of drug-likeness (QED) is 0.391. The van der Waals surface area contributed by atoms with E-state index in [1.165, 1.54) is 0 Å². The van der Waals surface area contributed by atoms with Gasteiger partial charge in [0.25, 0.3) is 5.91 Å². The number of ether oxygens (including phenoxy) is 1. The third-order valence-electron chi connectivity index (χ3n) is 3.61. The van der Waals surface area contributed by atoms with Gasteiger partial charge in [0.05, 0.1) is 9.95 Å². The van der Waals surface area contributed by atoms with E-state index in [9.17, 15) is 24.1 Å². The number of amides is 1. The highest BCUT2D eigenvalue weighted by Crippen LogP contribution is 2.27. The fourth-order valence-corrected chi connectivity index (χ4v) is 2.67. The van der Waals surface area contributed by atoms with Gasteiger partial charge in [0.15, 0.2) is 6.61 Å². The molecular formula is C17H11ClFN3O5. The highest BCUT2D eigenvalue weighted by Gasteiger charge is 2.19. The third-order valence-corrected chi connectivity index (χ3v) is 4.00. The van der Waals surface area contributed by atoms with E-state index in [1.807, 2.05) is 0 Å². The summed E-state index contributed by atoms with van der Waals surface area (Å²) in [6.45, 7) is -0.657. The maximum atomic E-state index is 13.3. The Bertz CT molecular complexity index is 1070. The molecule has 2 N–H and O–H groups in total. The van der Waals surface area contributed by atoms with Crippen molar-refractivity contribution in [3.8, 4) is 0 Å². The summed E-state index contributed by atoms with van der Waals surface area (Å²) in [5.74, 6) is -2.62. The van der Waals surface area contributed by atoms with Gasteiger partial charge in [-0.25, -0.2) is 4.79 Å². The molecule has 1 amide bonds. The zero-order valence-corrected chi connectivity index (χ0v) is 14.2. The number of hydrogen-bond donors (Lipinski definition) is 2. The van der Waals surface area contributed by atoms with Gasteiger partial charge in [0.2, 0.25) is 5.82 Å². The van der Waals surface area contributed by atoms with Crippen LogP contribution in [0.25, 0.3) is 10.9 Å². The first-order chi connectivity index (χ1) is 12.9. The molecule has 0 aliphatic rings. The van der Waals surface area contributed by atoms with Crippen LogP contribution in [0.2, 0.25) is 5.02 Å². The Morgan fingerprint density at radius 2 is 2.00 bits per heavy atom. The van der Waals surface area contributed by atoms with Crippen molar-refractivity contribution in [3.63, 3.8) is 0 Å². The minimum absolute atomic E-state index is 0.00286. The summed E-state index contributed by atoms with van der Waals surface area (Å²) in [7, 11) is 0. The Labute approximate surface area is 156 Å². The number of esters is 1. The fourth-order valence-electron chi connectivity index (χ4n) is 2.38. The van der Waals surface area contributed by atoms with Crippen LogP contribution >= 0.6 is 11.6 Å². The SMILES string of the molecule is O=C(COC(=O)c1[nH]c2ccccc2c1Cl)Nc1ccc(F)c([N+](=O)[O-])c1. The number of hydrogen-bond acceptors (Lipinski definition) is 5. The van der Waals surface area contributed by atoms with E-state index in [0.717, 1.165) is 18.2 Å². The van der Waals surface area contributed by atoms with Crippen molar-refractivity contribution in [2.75, 3.05) is 11.9 Å². The van der Waals surface area contributed by atoms with Crippen LogP contribution < -0.4 is 5.32 Å². The molecule has 0 radical (unpaired) electrons. The smallest absolute Gasteiger partial charge is 0.356 e. The van der Waals surface area contributed by atoms with Gasteiger partial charge >= 0.3 is 11.7 Å². The van der Waals surface area contributed by atoms with Crippen molar-refractivity contribution in [1.82, 2.24) is 4.98 Å². The van der Waals surface area contributed by atoms with Crippen molar-refractivity contribution < 1.29 is 23.6 Å². The molecule has 0 saturated carbocycles. The highest BCUT2D eigenvalue weighted by atomic mass is 35.5. The van der Waals surface area contributed by atoms with Crippen LogP contribution in [0.3, 0.4) is 0 Å². The summed E-state index contributed by atoms with van der Waals surface area (Å²) >= 11 is 6.13. The van der Waals surface area contributed by atoms with E-state index in [4.69, 9.17) is 16.3 Å². The second kappa shape index (κ2) is 7.42. The summed E-state index contributed by atoms with van der Waals surface area (Å²) in [4.78, 5) is 36.6. The minimum atomic E-state index is -1.03. The van der Waals surface area contributed by atoms with Crippen LogP contribution in [-0.4, -0.2) is 28.4 Å². The average molecular weight is 392 g/mol. The Morgan fingerprint density at radius 1 is 1.26 bits per heavy atom. The molecule has 138 valence electrons. The molecule has 1 heterocycles. The van der Waals surface area contributed by atoms with Gasteiger partial charge in [-0.05, 0) is 18.2 Å². The molecule has 0 spiro atoms. The second-order valence-electron chi connectivity index (χ2n) is 5.41. The van der Waals surface area contributed by atoms with Crippen LogP contribution in [0.4, 0.5) is 15.8 Å². The van der Waals surface area contributed by atoms with Gasteiger partial charge in [-0.3, -0.25) is 14.9 Å². The van der Waals surface area contributed by atoms with Gasteiger partial charge in [-0.1, -0.05) is 29.8 Å². The minimum Gasteiger partial charge on any atom is -0.451 e.